The summed E-state index contributed by atoms with van der Waals surface area (Å²) >= 11 is 0. The van der Waals surface area contributed by atoms with Crippen molar-refractivity contribution in [2.45, 2.75) is 45.8 Å². The smallest absolute Gasteiger partial charge is 0.171 e. The second-order valence-corrected chi connectivity index (χ2v) is 17.7. The van der Waals surface area contributed by atoms with Gasteiger partial charge in [0.25, 0.3) is 0 Å². The molecule has 0 unspecified atom stereocenters. The zero-order chi connectivity index (χ0) is 24.2. The third-order valence-electron chi connectivity index (χ3n) is 6.34. The lowest BCUT2D eigenvalue weighted by molar-refractivity contribution is 0.592. The molecule has 0 saturated heterocycles. The van der Waals surface area contributed by atoms with Crippen LogP contribution < -0.4 is 21.1 Å². The van der Waals surface area contributed by atoms with Gasteiger partial charge >= 0.3 is 0 Å². The van der Waals surface area contributed by atoms with Gasteiger partial charge in [0.1, 0.15) is 0 Å². The fourth-order valence-corrected chi connectivity index (χ4v) is 8.80. The van der Waals surface area contributed by atoms with E-state index >= 15 is 0 Å². The molecule has 4 heteroatoms. The van der Waals surface area contributed by atoms with Gasteiger partial charge in [0.05, 0.1) is 13.8 Å². The fraction of sp³-hybridized carbons (Fsp3) is 0.233. The zero-order valence-corrected chi connectivity index (χ0v) is 22.6. The fourth-order valence-electron chi connectivity index (χ4n) is 4.49. The number of nitrogens with zero attached hydrogens (tertiary/aromatic N) is 1. The standard InChI is InChI=1S/C30H34NOPSi/c1-5-6-14-25-22-29(31-23-30(25)34(2,3)4)24-15-13-20-28(21-24)33(32,26-16-9-7-10-17-26)27-18-11-8-12-19-27/h7-13,15-23H,5-6,14H2,1-4H3. The molecular weight excluding hydrogens is 449 g/mol. The van der Waals surface area contributed by atoms with Crippen molar-refractivity contribution in [3.05, 3.63) is 103 Å². The first kappa shape index (κ1) is 24.4. The van der Waals surface area contributed by atoms with Crippen molar-refractivity contribution in [2.24, 2.45) is 0 Å². The second kappa shape index (κ2) is 10.3. The first-order valence-electron chi connectivity index (χ1n) is 12.2. The minimum atomic E-state index is -3.01. The van der Waals surface area contributed by atoms with Crippen molar-refractivity contribution < 1.29 is 4.57 Å². The third kappa shape index (κ3) is 5.01. The van der Waals surface area contributed by atoms with E-state index in [-0.39, 0.29) is 0 Å². The molecule has 34 heavy (non-hydrogen) atoms. The third-order valence-corrected chi connectivity index (χ3v) is 11.5. The minimum Gasteiger partial charge on any atom is -0.309 e. The van der Waals surface area contributed by atoms with Gasteiger partial charge in [0.2, 0.25) is 0 Å². The first-order chi connectivity index (χ1) is 16.3. The van der Waals surface area contributed by atoms with Crippen LogP contribution in [0.25, 0.3) is 11.3 Å². The summed E-state index contributed by atoms with van der Waals surface area (Å²) in [6.07, 6.45) is 5.54. The molecule has 0 spiro atoms. The van der Waals surface area contributed by atoms with Gasteiger partial charge in [0, 0.05) is 27.7 Å². The monoisotopic (exact) mass is 483 g/mol. The summed E-state index contributed by atoms with van der Waals surface area (Å²) in [6.45, 7) is 9.39. The second-order valence-electron chi connectivity index (χ2n) is 9.91. The molecule has 0 radical (unpaired) electrons. The molecule has 0 aliphatic rings. The molecule has 0 amide bonds. The molecule has 1 heterocycles. The van der Waals surface area contributed by atoms with Crippen molar-refractivity contribution in [1.82, 2.24) is 4.98 Å². The van der Waals surface area contributed by atoms with Crippen LogP contribution in [-0.4, -0.2) is 13.1 Å². The van der Waals surface area contributed by atoms with Crippen LogP contribution in [-0.2, 0) is 11.0 Å². The molecule has 0 N–H and O–H groups in total. The predicted molar refractivity (Wildman–Crippen MR) is 151 cm³/mol. The van der Waals surface area contributed by atoms with Crippen molar-refractivity contribution in [1.29, 1.82) is 0 Å². The number of hydrogen-bond donors (Lipinski definition) is 0. The Bertz CT molecular complexity index is 1250. The van der Waals surface area contributed by atoms with E-state index in [1.54, 1.807) is 0 Å². The molecule has 0 bridgehead atoms. The largest absolute Gasteiger partial charge is 0.309 e. The van der Waals surface area contributed by atoms with Crippen LogP contribution >= 0.6 is 7.14 Å². The van der Waals surface area contributed by atoms with Crippen molar-refractivity contribution in [3.8, 4) is 11.3 Å². The van der Waals surface area contributed by atoms with Crippen LogP contribution in [0.2, 0.25) is 19.6 Å². The summed E-state index contributed by atoms with van der Waals surface area (Å²) in [4.78, 5) is 4.90. The van der Waals surface area contributed by atoms with Crippen LogP contribution in [0.15, 0.2) is 97.2 Å². The molecular formula is C30H34NOPSi. The maximum atomic E-state index is 14.8. The number of aromatic nitrogens is 1. The zero-order valence-electron chi connectivity index (χ0n) is 20.7. The Morgan fingerprint density at radius 1 is 0.765 bits per heavy atom. The Hall–Kier alpha value is -2.74. The van der Waals surface area contributed by atoms with Crippen LogP contribution in [0, 0.1) is 0 Å². The normalized spacial score (nSPS) is 12.0. The minimum absolute atomic E-state index is 0.841. The molecule has 0 saturated carbocycles. The Labute approximate surface area is 205 Å². The van der Waals surface area contributed by atoms with Crippen molar-refractivity contribution in [2.75, 3.05) is 0 Å². The lowest BCUT2D eigenvalue weighted by Gasteiger charge is -2.22. The molecule has 0 atom stereocenters. The lowest BCUT2D eigenvalue weighted by atomic mass is 10.1. The maximum Gasteiger partial charge on any atom is 0.171 e. The first-order valence-corrected chi connectivity index (χ1v) is 17.4. The van der Waals surface area contributed by atoms with E-state index in [0.29, 0.717) is 0 Å². The van der Waals surface area contributed by atoms with Crippen LogP contribution in [0.1, 0.15) is 25.3 Å². The van der Waals surface area contributed by atoms with E-state index in [1.165, 1.54) is 23.6 Å². The van der Waals surface area contributed by atoms with Gasteiger partial charge in [-0.1, -0.05) is 112 Å². The Morgan fingerprint density at radius 2 is 1.35 bits per heavy atom. The topological polar surface area (TPSA) is 30.0 Å². The van der Waals surface area contributed by atoms with Gasteiger partial charge in [-0.15, -0.1) is 0 Å². The van der Waals surface area contributed by atoms with E-state index in [4.69, 9.17) is 4.98 Å². The molecule has 0 aliphatic heterocycles. The van der Waals surface area contributed by atoms with Gasteiger partial charge < -0.3 is 4.57 Å². The van der Waals surface area contributed by atoms with Gasteiger partial charge in [-0.25, -0.2) is 0 Å². The molecule has 4 aromatic rings. The molecule has 2 nitrogen and oxygen atoms in total. The summed E-state index contributed by atoms with van der Waals surface area (Å²) in [6, 6.07) is 30.2. The average molecular weight is 484 g/mol. The van der Waals surface area contributed by atoms with E-state index in [1.807, 2.05) is 72.8 Å². The van der Waals surface area contributed by atoms with Crippen LogP contribution in [0.5, 0.6) is 0 Å². The maximum absolute atomic E-state index is 14.8. The van der Waals surface area contributed by atoms with E-state index in [9.17, 15) is 4.57 Å². The molecule has 1 aromatic heterocycles. The number of rotatable bonds is 8. The van der Waals surface area contributed by atoms with Crippen LogP contribution in [0.3, 0.4) is 0 Å². The van der Waals surface area contributed by atoms with Crippen molar-refractivity contribution >= 4 is 36.3 Å². The quantitative estimate of drug-likeness (QED) is 0.218. The number of pyridine rings is 1. The number of benzene rings is 3. The van der Waals surface area contributed by atoms with E-state index in [2.05, 4.69) is 51.0 Å². The molecule has 4 rings (SSSR count). The lowest BCUT2D eigenvalue weighted by Crippen LogP contribution is -2.40. The van der Waals surface area contributed by atoms with Crippen LogP contribution in [0.4, 0.5) is 0 Å². The molecule has 0 aliphatic carbocycles. The summed E-state index contributed by atoms with van der Waals surface area (Å²) in [5, 5.41) is 3.99. The number of unbranched alkanes of at least 4 members (excludes halogenated alkanes) is 1. The van der Waals surface area contributed by atoms with E-state index < -0.39 is 15.2 Å². The summed E-state index contributed by atoms with van der Waals surface area (Å²) in [7, 11) is -4.50. The highest BCUT2D eigenvalue weighted by Crippen LogP contribution is 2.42. The molecule has 174 valence electrons. The number of hydrogen-bond acceptors (Lipinski definition) is 2. The van der Waals surface area contributed by atoms with E-state index in [0.717, 1.165) is 33.6 Å². The van der Waals surface area contributed by atoms with Gasteiger partial charge in [-0.05, 0) is 35.7 Å². The highest BCUT2D eigenvalue weighted by Gasteiger charge is 2.30. The van der Waals surface area contributed by atoms with Gasteiger partial charge in [-0.2, -0.15) is 0 Å². The summed E-state index contributed by atoms with van der Waals surface area (Å²) < 4.78 is 14.8. The van der Waals surface area contributed by atoms with Crippen molar-refractivity contribution in [3.63, 3.8) is 0 Å². The Balaban J connectivity index is 1.85. The molecule has 0 fully saturated rings. The summed E-state index contributed by atoms with van der Waals surface area (Å²) in [5.74, 6) is 0. The number of aryl methyl sites for hydroxylation is 1. The Kier molecular flexibility index (Phi) is 7.35. The predicted octanol–water partition coefficient (Wildman–Crippen LogP) is 6.28. The van der Waals surface area contributed by atoms with Gasteiger partial charge in [0.15, 0.2) is 7.14 Å². The van der Waals surface area contributed by atoms with Gasteiger partial charge in [-0.3, -0.25) is 4.98 Å². The average Bonchev–Trinajstić information content (AvgIpc) is 2.87. The SMILES string of the molecule is CCCCc1cc(-c2cccc(P(=O)(c3ccccc3)c3ccccc3)c2)ncc1[Si](C)(C)C. The Morgan fingerprint density at radius 3 is 1.91 bits per heavy atom. The summed E-state index contributed by atoms with van der Waals surface area (Å²) in [5.41, 5.74) is 3.40. The molecule has 3 aromatic carbocycles. The highest BCUT2D eigenvalue weighted by atomic mass is 31.2. The highest BCUT2D eigenvalue weighted by molar-refractivity contribution is 7.85.